The Kier molecular flexibility index (Phi) is 5.73. The van der Waals surface area contributed by atoms with Crippen LogP contribution in [-0.4, -0.2) is 58.8 Å². The van der Waals surface area contributed by atoms with Gasteiger partial charge in [-0.15, -0.1) is 0 Å². The van der Waals surface area contributed by atoms with Crippen molar-refractivity contribution in [3.63, 3.8) is 0 Å². The summed E-state index contributed by atoms with van der Waals surface area (Å²) in [4.78, 5) is 26.8. The number of carbonyl (C=O) groups is 1. The lowest BCUT2D eigenvalue weighted by atomic mass is 10.1. The van der Waals surface area contributed by atoms with E-state index >= 15 is 0 Å². The van der Waals surface area contributed by atoms with E-state index in [0.717, 1.165) is 61.1 Å². The molecule has 0 bridgehead atoms. The van der Waals surface area contributed by atoms with E-state index in [1.54, 1.807) is 0 Å². The molecule has 2 N–H and O–H groups in total. The molecule has 8 heteroatoms. The maximum Gasteiger partial charge on any atom is 0.319 e. The van der Waals surface area contributed by atoms with Crippen molar-refractivity contribution in [2.24, 2.45) is 0 Å². The number of morpholine rings is 1. The summed E-state index contributed by atoms with van der Waals surface area (Å²) in [6.07, 6.45) is 2.14. The minimum absolute atomic E-state index is 0.139. The molecular weight excluding hydrogens is 404 g/mol. The first-order valence-corrected chi connectivity index (χ1v) is 11.6. The number of rotatable bonds is 5. The Balaban J connectivity index is 1.44. The maximum absolute atomic E-state index is 12.1. The number of nitrogens with one attached hydrogen (secondary N) is 2. The minimum atomic E-state index is -0.139. The smallest absolute Gasteiger partial charge is 0.319 e. The van der Waals surface area contributed by atoms with Crippen LogP contribution in [0.3, 0.4) is 0 Å². The van der Waals surface area contributed by atoms with Gasteiger partial charge in [0, 0.05) is 48.5 Å². The van der Waals surface area contributed by atoms with Crippen LogP contribution in [0.5, 0.6) is 0 Å². The fourth-order valence-corrected chi connectivity index (χ4v) is 4.31. The molecule has 2 aliphatic heterocycles. The molecule has 0 spiro atoms. The van der Waals surface area contributed by atoms with E-state index in [9.17, 15) is 4.79 Å². The number of hydrogen-bond acceptors (Lipinski definition) is 6. The summed E-state index contributed by atoms with van der Waals surface area (Å²) in [5, 5.41) is 5.88. The fourth-order valence-electron chi connectivity index (χ4n) is 4.31. The van der Waals surface area contributed by atoms with Gasteiger partial charge < -0.3 is 20.3 Å². The molecule has 1 aromatic heterocycles. The second-order valence-corrected chi connectivity index (χ2v) is 9.36. The SMILES string of the molecule is CC(C)N1Cc2nc(N3CCOCC3C)nc(-c3ccc(NC(=O)NC4CC4)cc3)c2C1. The zero-order valence-electron chi connectivity index (χ0n) is 19.1. The monoisotopic (exact) mass is 436 g/mol. The van der Waals surface area contributed by atoms with Crippen LogP contribution in [0.1, 0.15) is 44.9 Å². The average Bonchev–Trinajstić information content (AvgIpc) is 3.47. The molecule has 170 valence electrons. The molecule has 5 rings (SSSR count). The molecule has 1 saturated heterocycles. The second kappa shape index (κ2) is 8.67. The molecule has 8 nitrogen and oxygen atoms in total. The van der Waals surface area contributed by atoms with Crippen LogP contribution in [0.15, 0.2) is 24.3 Å². The number of anilines is 2. The van der Waals surface area contributed by atoms with Crippen molar-refractivity contribution in [1.82, 2.24) is 20.2 Å². The van der Waals surface area contributed by atoms with E-state index < -0.39 is 0 Å². The summed E-state index contributed by atoms with van der Waals surface area (Å²) >= 11 is 0. The van der Waals surface area contributed by atoms with Crippen molar-refractivity contribution in [3.05, 3.63) is 35.5 Å². The standard InChI is InChI=1S/C24H32N6O2/c1-15(2)29-12-20-21(13-29)27-23(30-10-11-32-14-16(30)3)28-22(20)17-4-6-18(7-5-17)25-24(31)26-19-8-9-19/h4-7,15-16,19H,8-14H2,1-3H3,(H2,25,26,31). The molecular formula is C24H32N6O2. The molecule has 1 aromatic carbocycles. The number of urea groups is 1. The van der Waals surface area contributed by atoms with E-state index in [2.05, 4.69) is 41.2 Å². The van der Waals surface area contributed by atoms with Crippen molar-refractivity contribution in [3.8, 4) is 11.3 Å². The summed E-state index contributed by atoms with van der Waals surface area (Å²) in [6.45, 7) is 10.5. The summed E-state index contributed by atoms with van der Waals surface area (Å²) in [7, 11) is 0. The molecule has 1 aliphatic carbocycles. The van der Waals surface area contributed by atoms with Crippen molar-refractivity contribution >= 4 is 17.7 Å². The quantitative estimate of drug-likeness (QED) is 0.748. The van der Waals surface area contributed by atoms with Gasteiger partial charge in [-0.1, -0.05) is 12.1 Å². The van der Waals surface area contributed by atoms with Crippen molar-refractivity contribution in [1.29, 1.82) is 0 Å². The van der Waals surface area contributed by atoms with Gasteiger partial charge in [0.1, 0.15) is 0 Å². The molecule has 3 aliphatic rings. The van der Waals surface area contributed by atoms with Gasteiger partial charge in [-0.05, 0) is 45.7 Å². The topological polar surface area (TPSA) is 82.6 Å². The molecule has 32 heavy (non-hydrogen) atoms. The molecule has 1 atom stereocenters. The van der Waals surface area contributed by atoms with Gasteiger partial charge >= 0.3 is 6.03 Å². The highest BCUT2D eigenvalue weighted by Gasteiger charge is 2.30. The van der Waals surface area contributed by atoms with E-state index in [1.807, 2.05) is 24.3 Å². The van der Waals surface area contributed by atoms with Crippen LogP contribution < -0.4 is 15.5 Å². The van der Waals surface area contributed by atoms with Crippen molar-refractivity contribution in [2.75, 3.05) is 30.0 Å². The summed E-state index contributed by atoms with van der Waals surface area (Å²) < 4.78 is 5.62. The Morgan fingerprint density at radius 1 is 1.16 bits per heavy atom. The van der Waals surface area contributed by atoms with Crippen LogP contribution in [0.25, 0.3) is 11.3 Å². The highest BCUT2D eigenvalue weighted by Crippen LogP contribution is 2.34. The normalized spacial score (nSPS) is 21.0. The number of benzene rings is 1. The zero-order chi connectivity index (χ0) is 22.2. The summed E-state index contributed by atoms with van der Waals surface area (Å²) in [6, 6.07) is 8.86. The van der Waals surface area contributed by atoms with E-state index in [0.29, 0.717) is 25.3 Å². The van der Waals surface area contributed by atoms with Crippen LogP contribution in [0.4, 0.5) is 16.4 Å². The highest BCUT2D eigenvalue weighted by molar-refractivity contribution is 5.90. The molecule has 2 aromatic rings. The van der Waals surface area contributed by atoms with Gasteiger partial charge in [-0.3, -0.25) is 4.90 Å². The van der Waals surface area contributed by atoms with Gasteiger partial charge in [-0.2, -0.15) is 0 Å². The fraction of sp³-hybridized carbons (Fsp3) is 0.542. The lowest BCUT2D eigenvalue weighted by Crippen LogP contribution is -2.44. The van der Waals surface area contributed by atoms with Gasteiger partial charge in [0.05, 0.1) is 30.6 Å². The third kappa shape index (κ3) is 4.42. The first-order valence-electron chi connectivity index (χ1n) is 11.6. The number of fused-ring (bicyclic) bond motifs is 1. The number of aromatic nitrogens is 2. The van der Waals surface area contributed by atoms with Crippen LogP contribution in [-0.2, 0) is 17.8 Å². The minimum Gasteiger partial charge on any atom is -0.377 e. The Labute approximate surface area is 189 Å². The lowest BCUT2D eigenvalue weighted by molar-refractivity contribution is 0.0980. The average molecular weight is 437 g/mol. The van der Waals surface area contributed by atoms with Crippen LogP contribution in [0.2, 0.25) is 0 Å². The third-order valence-corrected chi connectivity index (χ3v) is 6.48. The maximum atomic E-state index is 12.1. The van der Waals surface area contributed by atoms with Gasteiger partial charge in [0.25, 0.3) is 0 Å². The number of amides is 2. The largest absolute Gasteiger partial charge is 0.377 e. The first kappa shape index (κ1) is 21.2. The van der Waals surface area contributed by atoms with E-state index in [1.165, 1.54) is 5.56 Å². The Hall–Kier alpha value is -2.71. The Morgan fingerprint density at radius 3 is 2.62 bits per heavy atom. The number of hydrogen-bond donors (Lipinski definition) is 2. The van der Waals surface area contributed by atoms with Gasteiger partial charge in [0.15, 0.2) is 0 Å². The first-order chi connectivity index (χ1) is 15.5. The molecule has 2 amide bonds. The molecule has 1 unspecified atom stereocenters. The predicted octanol–water partition coefficient (Wildman–Crippen LogP) is 3.38. The Morgan fingerprint density at radius 2 is 1.94 bits per heavy atom. The third-order valence-electron chi connectivity index (χ3n) is 6.48. The number of carbonyl (C=O) groups excluding carboxylic acids is 1. The van der Waals surface area contributed by atoms with E-state index in [-0.39, 0.29) is 12.1 Å². The predicted molar refractivity (Wildman–Crippen MR) is 125 cm³/mol. The Bertz CT molecular complexity index is 989. The van der Waals surface area contributed by atoms with Crippen molar-refractivity contribution < 1.29 is 9.53 Å². The second-order valence-electron chi connectivity index (χ2n) is 9.36. The van der Waals surface area contributed by atoms with Gasteiger partial charge in [0.2, 0.25) is 5.95 Å². The molecule has 3 heterocycles. The van der Waals surface area contributed by atoms with Crippen LogP contribution >= 0.6 is 0 Å². The zero-order valence-corrected chi connectivity index (χ0v) is 19.1. The lowest BCUT2D eigenvalue weighted by Gasteiger charge is -2.33. The van der Waals surface area contributed by atoms with Crippen molar-refractivity contribution in [2.45, 2.75) is 64.8 Å². The summed E-state index contributed by atoms with van der Waals surface area (Å²) in [5.74, 6) is 0.783. The van der Waals surface area contributed by atoms with Gasteiger partial charge in [-0.25, -0.2) is 14.8 Å². The summed E-state index contributed by atoms with van der Waals surface area (Å²) in [5.41, 5.74) is 5.13. The highest BCUT2D eigenvalue weighted by atomic mass is 16.5. The van der Waals surface area contributed by atoms with Crippen LogP contribution in [0, 0.1) is 0 Å². The molecule has 2 fully saturated rings. The molecule has 0 radical (unpaired) electrons. The molecule has 1 saturated carbocycles. The number of nitrogens with zero attached hydrogens (tertiary/aromatic N) is 4. The number of ether oxygens (including phenoxy) is 1. The van der Waals surface area contributed by atoms with E-state index in [4.69, 9.17) is 14.7 Å².